The molecule has 0 aliphatic carbocycles. The van der Waals surface area contributed by atoms with Gasteiger partial charge in [-0.25, -0.2) is 4.98 Å². The minimum Gasteiger partial charge on any atom is -0.493 e. The fourth-order valence-corrected chi connectivity index (χ4v) is 3.83. The molecule has 13 nitrogen and oxygen atoms in total. The van der Waals surface area contributed by atoms with Gasteiger partial charge in [-0.2, -0.15) is 9.97 Å². The second-order valence-corrected chi connectivity index (χ2v) is 7.66. The number of hydrogen-bond acceptors (Lipinski definition) is 12. The van der Waals surface area contributed by atoms with Crippen molar-refractivity contribution >= 4 is 17.0 Å². The van der Waals surface area contributed by atoms with E-state index in [1.165, 1.54) is 32.2 Å². The average molecular weight is 477 g/mol. The number of nitrogens with two attached hydrogens (primary N) is 1. The molecule has 5 N–H and O–H groups in total. The number of hydrogen-bond donors (Lipinski definition) is 4. The molecule has 1 fully saturated rings. The molecule has 1 unspecified atom stereocenters. The molecule has 1 saturated heterocycles. The van der Waals surface area contributed by atoms with Gasteiger partial charge in [-0.15, -0.1) is 0 Å². The third-order valence-corrected chi connectivity index (χ3v) is 5.66. The van der Waals surface area contributed by atoms with E-state index in [1.807, 2.05) is 0 Å². The molecule has 3 heterocycles. The van der Waals surface area contributed by atoms with Crippen molar-refractivity contribution in [2.24, 2.45) is 0 Å². The van der Waals surface area contributed by atoms with E-state index < -0.39 is 37.3 Å². The van der Waals surface area contributed by atoms with Crippen molar-refractivity contribution in [2.75, 3.05) is 33.7 Å². The summed E-state index contributed by atoms with van der Waals surface area (Å²) in [4.78, 5) is 12.8. The fraction of sp³-hybridized carbons (Fsp3) is 0.476. The topological polar surface area (TPSA) is 176 Å². The molecular weight excluding hydrogens is 450 g/mol. The molecule has 1 aliphatic heterocycles. The Morgan fingerprint density at radius 1 is 1.09 bits per heavy atom. The van der Waals surface area contributed by atoms with E-state index in [0.29, 0.717) is 22.8 Å². The van der Waals surface area contributed by atoms with Crippen LogP contribution in [0.5, 0.6) is 23.3 Å². The Morgan fingerprint density at radius 3 is 2.32 bits per heavy atom. The summed E-state index contributed by atoms with van der Waals surface area (Å²) in [5, 5.41) is 29.9. The Kier molecular flexibility index (Phi) is 6.61. The molecule has 5 atom stereocenters. The standard InChI is InChI=1S/C21H27N5O8/c1-9(10-5-11(30-2)17(32-4)12(6-10)31-3)33-21-24-18(22)14-19(25-21)26(8-23-14)20-16(29)15(28)13(7-27)34-20/h5-6,8-9,13,15-16,20,27-29H,7H2,1-4H3,(H2,22,24,25)/t9?,13-,15-,16-,20-/m1/s1. The molecule has 0 bridgehead atoms. The second kappa shape index (κ2) is 9.46. The number of rotatable bonds is 8. The Bertz CT molecular complexity index is 1150. The zero-order valence-corrected chi connectivity index (χ0v) is 19.1. The van der Waals surface area contributed by atoms with Gasteiger partial charge in [0, 0.05) is 0 Å². The highest BCUT2D eigenvalue weighted by Gasteiger charge is 2.44. The molecular formula is C21H27N5O8. The minimum atomic E-state index is -1.31. The van der Waals surface area contributed by atoms with Gasteiger partial charge < -0.3 is 44.7 Å². The van der Waals surface area contributed by atoms with Gasteiger partial charge in [-0.1, -0.05) is 0 Å². The summed E-state index contributed by atoms with van der Waals surface area (Å²) in [6.07, 6.45) is -3.76. The highest BCUT2D eigenvalue weighted by Crippen LogP contribution is 2.40. The van der Waals surface area contributed by atoms with Crippen molar-refractivity contribution in [1.82, 2.24) is 19.5 Å². The van der Waals surface area contributed by atoms with E-state index in [9.17, 15) is 15.3 Å². The number of ether oxygens (including phenoxy) is 5. The van der Waals surface area contributed by atoms with Gasteiger partial charge in [0.2, 0.25) is 5.75 Å². The molecule has 4 rings (SSSR count). The van der Waals surface area contributed by atoms with Crippen LogP contribution in [0.4, 0.5) is 5.82 Å². The number of aliphatic hydroxyl groups is 3. The molecule has 0 radical (unpaired) electrons. The highest BCUT2D eigenvalue weighted by molar-refractivity contribution is 5.82. The van der Waals surface area contributed by atoms with Crippen LogP contribution in [0.25, 0.3) is 11.2 Å². The molecule has 2 aromatic heterocycles. The number of imidazole rings is 1. The van der Waals surface area contributed by atoms with Crippen LogP contribution in [-0.2, 0) is 4.74 Å². The van der Waals surface area contributed by atoms with E-state index in [2.05, 4.69) is 15.0 Å². The lowest BCUT2D eigenvalue weighted by Gasteiger charge is -2.19. The lowest BCUT2D eigenvalue weighted by Crippen LogP contribution is -2.33. The maximum absolute atomic E-state index is 10.4. The Labute approximate surface area is 194 Å². The summed E-state index contributed by atoms with van der Waals surface area (Å²) in [5.74, 6) is 1.43. The maximum atomic E-state index is 10.4. The van der Waals surface area contributed by atoms with Gasteiger partial charge in [-0.05, 0) is 24.6 Å². The molecule has 34 heavy (non-hydrogen) atoms. The third-order valence-electron chi connectivity index (χ3n) is 5.66. The lowest BCUT2D eigenvalue weighted by atomic mass is 10.1. The lowest BCUT2D eigenvalue weighted by molar-refractivity contribution is -0.0511. The predicted octanol–water partition coefficient (Wildman–Crippen LogP) is 0.186. The molecule has 184 valence electrons. The van der Waals surface area contributed by atoms with Crippen LogP contribution >= 0.6 is 0 Å². The number of methoxy groups -OCH3 is 3. The van der Waals surface area contributed by atoms with Gasteiger partial charge in [-0.3, -0.25) is 4.57 Å². The SMILES string of the molecule is COc1cc(C(C)Oc2nc(N)c3ncn([C@@H]4O[C@H](CO)[C@@H](O)[C@H]4O)c3n2)cc(OC)c1OC. The zero-order chi connectivity index (χ0) is 24.6. The quantitative estimate of drug-likeness (QED) is 0.347. The maximum Gasteiger partial charge on any atom is 0.321 e. The molecule has 1 aromatic carbocycles. The Balaban J connectivity index is 1.67. The molecule has 0 amide bonds. The van der Waals surface area contributed by atoms with Gasteiger partial charge in [0.1, 0.15) is 24.4 Å². The van der Waals surface area contributed by atoms with Crippen LogP contribution in [0, 0.1) is 0 Å². The number of fused-ring (bicyclic) bond motifs is 1. The summed E-state index contributed by atoms with van der Waals surface area (Å²) in [7, 11) is 4.55. The van der Waals surface area contributed by atoms with E-state index in [-0.39, 0.29) is 23.0 Å². The molecule has 0 saturated carbocycles. The first-order valence-corrected chi connectivity index (χ1v) is 10.4. The van der Waals surface area contributed by atoms with Crippen LogP contribution < -0.4 is 24.7 Å². The van der Waals surface area contributed by atoms with Crippen molar-refractivity contribution in [3.8, 4) is 23.3 Å². The first kappa shape index (κ1) is 23.8. The van der Waals surface area contributed by atoms with Crippen LogP contribution in [0.15, 0.2) is 18.5 Å². The van der Waals surface area contributed by atoms with Gasteiger partial charge in [0.25, 0.3) is 0 Å². The van der Waals surface area contributed by atoms with Crippen molar-refractivity contribution in [2.45, 2.75) is 37.6 Å². The van der Waals surface area contributed by atoms with Crippen molar-refractivity contribution in [3.63, 3.8) is 0 Å². The van der Waals surface area contributed by atoms with Gasteiger partial charge in [0.05, 0.1) is 34.3 Å². The average Bonchev–Trinajstić information content (AvgIpc) is 3.38. The summed E-state index contributed by atoms with van der Waals surface area (Å²) in [6.45, 7) is 1.33. The molecule has 3 aromatic rings. The number of benzene rings is 1. The Morgan fingerprint density at radius 2 is 1.76 bits per heavy atom. The van der Waals surface area contributed by atoms with Crippen LogP contribution in [-0.4, -0.2) is 81.1 Å². The number of nitrogens with zero attached hydrogens (tertiary/aromatic N) is 4. The third kappa shape index (κ3) is 4.03. The van der Waals surface area contributed by atoms with E-state index in [1.54, 1.807) is 19.1 Å². The van der Waals surface area contributed by atoms with E-state index >= 15 is 0 Å². The number of nitrogen functional groups attached to an aromatic ring is 1. The van der Waals surface area contributed by atoms with Crippen molar-refractivity contribution in [3.05, 3.63) is 24.0 Å². The fourth-order valence-electron chi connectivity index (χ4n) is 3.83. The molecule has 1 aliphatic rings. The monoisotopic (exact) mass is 477 g/mol. The van der Waals surface area contributed by atoms with Crippen molar-refractivity contribution < 1.29 is 39.0 Å². The molecule has 0 spiro atoms. The zero-order valence-electron chi connectivity index (χ0n) is 19.1. The van der Waals surface area contributed by atoms with E-state index in [0.717, 1.165) is 0 Å². The summed E-state index contributed by atoms with van der Waals surface area (Å²) in [6, 6.07) is 3.45. The van der Waals surface area contributed by atoms with E-state index in [4.69, 9.17) is 29.4 Å². The number of anilines is 1. The van der Waals surface area contributed by atoms with Gasteiger partial charge in [0.15, 0.2) is 34.7 Å². The van der Waals surface area contributed by atoms with Crippen LogP contribution in [0.2, 0.25) is 0 Å². The smallest absolute Gasteiger partial charge is 0.321 e. The summed E-state index contributed by atoms with van der Waals surface area (Å²) >= 11 is 0. The summed E-state index contributed by atoms with van der Waals surface area (Å²) < 4.78 is 29.1. The van der Waals surface area contributed by atoms with Crippen LogP contribution in [0.1, 0.15) is 24.8 Å². The number of aromatic nitrogens is 4. The second-order valence-electron chi connectivity index (χ2n) is 7.66. The largest absolute Gasteiger partial charge is 0.493 e. The minimum absolute atomic E-state index is 0.0419. The predicted molar refractivity (Wildman–Crippen MR) is 118 cm³/mol. The first-order chi connectivity index (χ1) is 16.3. The van der Waals surface area contributed by atoms with Crippen molar-refractivity contribution in [1.29, 1.82) is 0 Å². The normalized spacial score (nSPS) is 23.1. The summed E-state index contributed by atoms with van der Waals surface area (Å²) in [5.41, 5.74) is 7.27. The van der Waals surface area contributed by atoms with Crippen LogP contribution in [0.3, 0.4) is 0 Å². The molecule has 13 heteroatoms. The Hall–Kier alpha value is -3.39. The number of aliphatic hydroxyl groups excluding tert-OH is 3. The first-order valence-electron chi connectivity index (χ1n) is 10.4. The highest BCUT2D eigenvalue weighted by atomic mass is 16.6. The van der Waals surface area contributed by atoms with Gasteiger partial charge >= 0.3 is 6.01 Å².